The molecule has 0 aliphatic carbocycles. The molecule has 2 N–H and O–H groups in total. The number of fused-ring (bicyclic) bond motifs is 1. The van der Waals surface area contributed by atoms with Crippen molar-refractivity contribution in [1.29, 1.82) is 0 Å². The first-order valence-electron chi connectivity index (χ1n) is 8.14. The fourth-order valence-electron chi connectivity index (χ4n) is 2.76. The summed E-state index contributed by atoms with van der Waals surface area (Å²) in [5.41, 5.74) is 2.23. The van der Waals surface area contributed by atoms with Crippen molar-refractivity contribution in [3.63, 3.8) is 0 Å². The van der Waals surface area contributed by atoms with Crippen molar-refractivity contribution in [2.45, 2.75) is 26.3 Å². The third-order valence-electron chi connectivity index (χ3n) is 3.93. The number of benzene rings is 2. The number of imidazole rings is 1. The van der Waals surface area contributed by atoms with Crippen molar-refractivity contribution >= 4 is 40.1 Å². The van der Waals surface area contributed by atoms with Crippen LogP contribution in [0.5, 0.6) is 0 Å². The fraction of sp³-hybridized carbons (Fsp3) is 0.263. The zero-order chi connectivity index (χ0) is 18.0. The fourth-order valence-corrected chi connectivity index (χ4v) is 3.25. The summed E-state index contributed by atoms with van der Waals surface area (Å²) in [7, 11) is 0. The molecular formula is C19H19Cl2N3O. The molecule has 0 aliphatic heterocycles. The number of hydrogen-bond donors (Lipinski definition) is 2. The summed E-state index contributed by atoms with van der Waals surface area (Å²) in [5, 5.41) is 3.87. The minimum absolute atomic E-state index is 0.230. The van der Waals surface area contributed by atoms with E-state index in [1.165, 1.54) is 0 Å². The Hall–Kier alpha value is -2.04. The van der Waals surface area contributed by atoms with Gasteiger partial charge < -0.3 is 10.3 Å². The molecule has 0 radical (unpaired) electrons. The van der Waals surface area contributed by atoms with Gasteiger partial charge in [-0.2, -0.15) is 0 Å². The van der Waals surface area contributed by atoms with Crippen LogP contribution in [0.25, 0.3) is 11.0 Å². The molecule has 1 heterocycles. The second kappa shape index (κ2) is 7.46. The molecule has 0 saturated heterocycles. The Morgan fingerprint density at radius 1 is 1.20 bits per heavy atom. The molecule has 2 aromatic carbocycles. The molecule has 0 fully saturated rings. The highest BCUT2D eigenvalue weighted by molar-refractivity contribution is 6.36. The third-order valence-corrected chi connectivity index (χ3v) is 4.47. The Labute approximate surface area is 156 Å². The van der Waals surface area contributed by atoms with Crippen molar-refractivity contribution in [2.75, 3.05) is 0 Å². The molecule has 25 heavy (non-hydrogen) atoms. The summed E-state index contributed by atoms with van der Waals surface area (Å²) < 4.78 is 0. The number of para-hydroxylation sites is 2. The summed E-state index contributed by atoms with van der Waals surface area (Å²) in [6.07, 6.45) is 0.761. The van der Waals surface area contributed by atoms with E-state index in [1.807, 2.05) is 24.3 Å². The first-order chi connectivity index (χ1) is 11.9. The van der Waals surface area contributed by atoms with E-state index in [4.69, 9.17) is 23.2 Å². The Balaban J connectivity index is 1.89. The Morgan fingerprint density at radius 2 is 1.96 bits per heavy atom. The van der Waals surface area contributed by atoms with Gasteiger partial charge in [-0.1, -0.05) is 49.2 Å². The highest BCUT2D eigenvalue weighted by atomic mass is 35.5. The zero-order valence-electron chi connectivity index (χ0n) is 14.0. The number of halogens is 2. The van der Waals surface area contributed by atoms with E-state index < -0.39 is 0 Å². The Bertz CT molecular complexity index is 872. The molecule has 1 atom stereocenters. The van der Waals surface area contributed by atoms with E-state index in [1.54, 1.807) is 18.2 Å². The lowest BCUT2D eigenvalue weighted by Crippen LogP contribution is -2.30. The van der Waals surface area contributed by atoms with Gasteiger partial charge in [0.1, 0.15) is 5.82 Å². The Kier molecular flexibility index (Phi) is 5.30. The van der Waals surface area contributed by atoms with Crippen LogP contribution in [0.4, 0.5) is 0 Å². The molecule has 0 aliphatic rings. The molecule has 3 rings (SSSR count). The average Bonchev–Trinajstić information content (AvgIpc) is 2.97. The summed E-state index contributed by atoms with van der Waals surface area (Å²) in [5.74, 6) is 0.889. The second-order valence-electron chi connectivity index (χ2n) is 6.42. The maximum atomic E-state index is 12.7. The zero-order valence-corrected chi connectivity index (χ0v) is 15.5. The first-order valence-corrected chi connectivity index (χ1v) is 8.90. The number of hydrogen-bond acceptors (Lipinski definition) is 2. The maximum Gasteiger partial charge on any atom is 0.253 e. The van der Waals surface area contributed by atoms with Gasteiger partial charge in [0.15, 0.2) is 0 Å². The maximum absolute atomic E-state index is 12.7. The van der Waals surface area contributed by atoms with Crippen LogP contribution in [0.1, 0.15) is 42.5 Å². The average molecular weight is 376 g/mol. The lowest BCUT2D eigenvalue weighted by molar-refractivity contribution is 0.0930. The van der Waals surface area contributed by atoms with E-state index >= 15 is 0 Å². The predicted molar refractivity (Wildman–Crippen MR) is 102 cm³/mol. The van der Waals surface area contributed by atoms with Crippen molar-refractivity contribution in [2.24, 2.45) is 5.92 Å². The normalized spacial score (nSPS) is 12.5. The standard InChI is InChI=1S/C19H19Cl2N3O/c1-11(2)9-17(18-22-15-5-3-4-6-16(15)23-18)24-19(25)13-8-7-12(20)10-14(13)21/h3-8,10-11,17H,9H2,1-2H3,(H,22,23)(H,24,25)/t17-/m0/s1. The van der Waals surface area contributed by atoms with E-state index in [2.05, 4.69) is 29.1 Å². The number of carbonyl (C=O) groups excluding carboxylic acids is 1. The lowest BCUT2D eigenvalue weighted by atomic mass is 10.0. The molecule has 0 saturated carbocycles. The van der Waals surface area contributed by atoms with Crippen LogP contribution in [0, 0.1) is 5.92 Å². The van der Waals surface area contributed by atoms with Gasteiger partial charge in [0, 0.05) is 5.02 Å². The largest absolute Gasteiger partial charge is 0.342 e. The minimum atomic E-state index is -0.243. The molecule has 4 nitrogen and oxygen atoms in total. The SMILES string of the molecule is CC(C)C[C@H](NC(=O)c1ccc(Cl)cc1Cl)c1nc2ccccc2[nH]1. The number of aromatic amines is 1. The van der Waals surface area contributed by atoms with Gasteiger partial charge in [0.05, 0.1) is 27.7 Å². The summed E-state index contributed by atoms with van der Waals surface area (Å²) in [6, 6.07) is 12.4. The summed E-state index contributed by atoms with van der Waals surface area (Å²) in [6.45, 7) is 4.22. The molecule has 0 unspecified atom stereocenters. The first kappa shape index (κ1) is 17.8. The highest BCUT2D eigenvalue weighted by Gasteiger charge is 2.21. The molecule has 0 spiro atoms. The van der Waals surface area contributed by atoms with Gasteiger partial charge in [-0.3, -0.25) is 4.79 Å². The van der Waals surface area contributed by atoms with Gasteiger partial charge in [-0.05, 0) is 42.7 Å². The van der Waals surface area contributed by atoms with E-state index in [0.717, 1.165) is 23.3 Å². The van der Waals surface area contributed by atoms with Gasteiger partial charge in [-0.25, -0.2) is 4.98 Å². The second-order valence-corrected chi connectivity index (χ2v) is 7.26. The Morgan fingerprint density at radius 3 is 2.64 bits per heavy atom. The topological polar surface area (TPSA) is 57.8 Å². The summed E-state index contributed by atoms with van der Waals surface area (Å²) in [4.78, 5) is 20.6. The highest BCUT2D eigenvalue weighted by Crippen LogP contribution is 2.25. The molecule has 0 bridgehead atoms. The predicted octanol–water partition coefficient (Wildman–Crippen LogP) is 5.39. The number of carbonyl (C=O) groups is 1. The smallest absolute Gasteiger partial charge is 0.253 e. The molecule has 6 heteroatoms. The molecule has 130 valence electrons. The molecule has 1 aromatic heterocycles. The third kappa shape index (κ3) is 4.14. The van der Waals surface area contributed by atoms with Crippen LogP contribution in [0.2, 0.25) is 10.0 Å². The number of rotatable bonds is 5. The minimum Gasteiger partial charge on any atom is -0.342 e. The van der Waals surface area contributed by atoms with Crippen LogP contribution in [0.15, 0.2) is 42.5 Å². The van der Waals surface area contributed by atoms with E-state index in [9.17, 15) is 4.79 Å². The van der Waals surface area contributed by atoms with Crippen molar-refractivity contribution < 1.29 is 4.79 Å². The number of aromatic nitrogens is 2. The van der Waals surface area contributed by atoms with Gasteiger partial charge in [-0.15, -0.1) is 0 Å². The van der Waals surface area contributed by atoms with Crippen LogP contribution in [-0.2, 0) is 0 Å². The van der Waals surface area contributed by atoms with Crippen LogP contribution in [0.3, 0.4) is 0 Å². The monoisotopic (exact) mass is 375 g/mol. The van der Waals surface area contributed by atoms with Gasteiger partial charge >= 0.3 is 0 Å². The molecule has 3 aromatic rings. The summed E-state index contributed by atoms with van der Waals surface area (Å²) >= 11 is 12.1. The van der Waals surface area contributed by atoms with E-state index in [-0.39, 0.29) is 11.9 Å². The van der Waals surface area contributed by atoms with E-state index in [0.29, 0.717) is 21.5 Å². The van der Waals surface area contributed by atoms with Crippen LogP contribution in [-0.4, -0.2) is 15.9 Å². The lowest BCUT2D eigenvalue weighted by Gasteiger charge is -2.19. The van der Waals surface area contributed by atoms with Gasteiger partial charge in [0.2, 0.25) is 0 Å². The molecular weight excluding hydrogens is 357 g/mol. The number of nitrogens with one attached hydrogen (secondary N) is 2. The van der Waals surface area contributed by atoms with Crippen molar-refractivity contribution in [1.82, 2.24) is 15.3 Å². The van der Waals surface area contributed by atoms with Gasteiger partial charge in [0.25, 0.3) is 5.91 Å². The van der Waals surface area contributed by atoms with Crippen molar-refractivity contribution in [3.05, 3.63) is 63.9 Å². The number of H-pyrrole nitrogens is 1. The number of nitrogens with zero attached hydrogens (tertiary/aromatic N) is 1. The van der Waals surface area contributed by atoms with Crippen LogP contribution < -0.4 is 5.32 Å². The van der Waals surface area contributed by atoms with Crippen LogP contribution >= 0.6 is 23.2 Å². The quantitative estimate of drug-likeness (QED) is 0.628. The number of amides is 1. The van der Waals surface area contributed by atoms with Crippen molar-refractivity contribution in [3.8, 4) is 0 Å². The molecule has 1 amide bonds.